The molecule has 3 fully saturated rings. The van der Waals surface area contributed by atoms with Crippen molar-refractivity contribution >= 4 is 39.1 Å². The summed E-state index contributed by atoms with van der Waals surface area (Å²) in [6, 6.07) is 12.6. The van der Waals surface area contributed by atoms with Crippen LogP contribution in [0.25, 0.3) is 5.76 Å². The van der Waals surface area contributed by atoms with Crippen molar-refractivity contribution in [3.8, 4) is 0 Å². The van der Waals surface area contributed by atoms with Crippen LogP contribution in [0.15, 0.2) is 59.0 Å². The van der Waals surface area contributed by atoms with E-state index in [0.29, 0.717) is 63.7 Å². The lowest BCUT2D eigenvalue weighted by Gasteiger charge is -2.36. The molecule has 3 saturated heterocycles. The fraction of sp³-hybridized carbons (Fsp3) is 0.433. The van der Waals surface area contributed by atoms with Crippen LogP contribution in [-0.2, 0) is 34.7 Å². The average molecular weight is 595 g/mol. The van der Waals surface area contributed by atoms with Crippen LogP contribution in [-0.4, -0.2) is 104 Å². The summed E-state index contributed by atoms with van der Waals surface area (Å²) in [6.45, 7) is 5.96. The lowest BCUT2D eigenvalue weighted by atomic mass is 9.82. The van der Waals surface area contributed by atoms with E-state index in [9.17, 15) is 27.9 Å². The number of nitrogens with zero attached hydrogens (tertiary/aromatic N) is 4. The number of hydrogen-bond donors (Lipinski definition) is 1. The van der Waals surface area contributed by atoms with Crippen molar-refractivity contribution in [2.75, 3.05) is 63.9 Å². The highest BCUT2D eigenvalue weighted by Gasteiger charge is 2.66. The summed E-state index contributed by atoms with van der Waals surface area (Å²) >= 11 is 0. The van der Waals surface area contributed by atoms with E-state index in [1.54, 1.807) is 24.3 Å². The van der Waals surface area contributed by atoms with Gasteiger partial charge in [-0.3, -0.25) is 19.3 Å². The molecule has 2 aromatic carbocycles. The monoisotopic (exact) mass is 594 g/mol. The van der Waals surface area contributed by atoms with Crippen molar-refractivity contribution < 1.29 is 32.6 Å². The van der Waals surface area contributed by atoms with Gasteiger partial charge in [-0.1, -0.05) is 18.2 Å². The first kappa shape index (κ1) is 28.5. The number of likely N-dealkylation sites (N-methyl/N-ethyl adjacent to an activating group) is 1. The maximum atomic E-state index is 14.4. The summed E-state index contributed by atoms with van der Waals surface area (Å²) in [6.07, 6.45) is 1.60. The van der Waals surface area contributed by atoms with E-state index in [1.165, 1.54) is 38.4 Å². The predicted molar refractivity (Wildman–Crippen MR) is 154 cm³/mol. The Bertz CT molecular complexity index is 1560. The number of anilines is 1. The molecule has 42 heavy (non-hydrogen) atoms. The fourth-order valence-electron chi connectivity index (χ4n) is 6.55. The van der Waals surface area contributed by atoms with Crippen molar-refractivity contribution in [3.63, 3.8) is 0 Å². The van der Waals surface area contributed by atoms with Gasteiger partial charge in [0.2, 0.25) is 10.0 Å². The van der Waals surface area contributed by atoms with Crippen LogP contribution in [0.5, 0.6) is 0 Å². The topological polar surface area (TPSA) is 128 Å². The van der Waals surface area contributed by atoms with E-state index in [2.05, 4.69) is 4.90 Å². The number of likely N-dealkylation sites (tertiary alicyclic amines) is 1. The Kier molecular flexibility index (Phi) is 7.42. The molecule has 4 aliphatic heterocycles. The molecule has 1 N–H and O–H groups in total. The van der Waals surface area contributed by atoms with Crippen molar-refractivity contribution in [3.05, 3.63) is 65.2 Å². The van der Waals surface area contributed by atoms with Gasteiger partial charge in [0.1, 0.15) is 5.76 Å². The third-order valence-electron chi connectivity index (χ3n) is 8.70. The zero-order chi connectivity index (χ0) is 29.6. The number of fused-ring (bicyclic) bond motifs is 2. The van der Waals surface area contributed by atoms with E-state index in [-0.39, 0.29) is 22.6 Å². The number of morpholine rings is 1. The van der Waals surface area contributed by atoms with Gasteiger partial charge in [-0.05, 0) is 50.1 Å². The molecule has 1 unspecified atom stereocenters. The van der Waals surface area contributed by atoms with Crippen LogP contribution in [0, 0.1) is 0 Å². The van der Waals surface area contributed by atoms with Crippen LogP contribution in [0.1, 0.15) is 30.9 Å². The minimum absolute atomic E-state index is 0.0704. The molecule has 4 heterocycles. The Hall–Kier alpha value is -3.58. The van der Waals surface area contributed by atoms with Gasteiger partial charge in [0, 0.05) is 56.9 Å². The quantitative estimate of drug-likeness (QED) is 0.292. The van der Waals surface area contributed by atoms with Gasteiger partial charge >= 0.3 is 0 Å². The summed E-state index contributed by atoms with van der Waals surface area (Å²) in [5, 5.41) is 11.7. The Morgan fingerprint density at radius 2 is 1.60 bits per heavy atom. The molecular weight excluding hydrogens is 560 g/mol. The van der Waals surface area contributed by atoms with E-state index < -0.39 is 38.9 Å². The SMILES string of the molecule is CCN1C(=O)C2(/C(=C(/O)c3ccc(S(=O)(=O)N4CCCC4)cc3)C(=O)C(=O)N2CCN2CCOCC2)c2ccccc21. The first-order chi connectivity index (χ1) is 20.2. The third-order valence-corrected chi connectivity index (χ3v) is 10.6. The number of sulfonamides is 1. The molecule has 0 radical (unpaired) electrons. The lowest BCUT2D eigenvalue weighted by Crippen LogP contribution is -2.54. The van der Waals surface area contributed by atoms with Crippen LogP contribution < -0.4 is 4.90 Å². The average Bonchev–Trinajstić information content (AvgIpc) is 3.70. The molecule has 0 bridgehead atoms. The Morgan fingerprint density at radius 3 is 2.26 bits per heavy atom. The largest absolute Gasteiger partial charge is 0.507 e. The molecular formula is C30H34N4O7S. The van der Waals surface area contributed by atoms with Gasteiger partial charge in [-0.15, -0.1) is 0 Å². The van der Waals surface area contributed by atoms with Gasteiger partial charge < -0.3 is 19.6 Å². The number of aliphatic hydroxyl groups is 1. The molecule has 12 heteroatoms. The normalized spacial score (nSPS) is 24.7. The third kappa shape index (κ3) is 4.27. The number of ketones is 1. The maximum absolute atomic E-state index is 14.4. The number of para-hydroxylation sites is 1. The number of Topliss-reactive ketones (excluding diaryl/α,β-unsaturated/α-hetero) is 1. The molecule has 0 aromatic heterocycles. The number of benzene rings is 2. The van der Waals surface area contributed by atoms with Gasteiger partial charge in [0.25, 0.3) is 17.6 Å². The Balaban J connectivity index is 1.47. The molecule has 0 aliphatic carbocycles. The van der Waals surface area contributed by atoms with Crippen LogP contribution in [0.2, 0.25) is 0 Å². The van der Waals surface area contributed by atoms with E-state index in [4.69, 9.17) is 4.74 Å². The minimum atomic E-state index is -3.70. The molecule has 2 amide bonds. The highest BCUT2D eigenvalue weighted by atomic mass is 32.2. The number of rotatable bonds is 7. The molecule has 11 nitrogen and oxygen atoms in total. The molecule has 1 atom stereocenters. The number of ether oxygens (including phenoxy) is 1. The molecule has 4 aliphatic rings. The summed E-state index contributed by atoms with van der Waals surface area (Å²) < 4.78 is 33.0. The number of amides is 2. The smallest absolute Gasteiger partial charge is 0.296 e. The van der Waals surface area contributed by atoms with Gasteiger partial charge in [-0.2, -0.15) is 4.31 Å². The van der Waals surface area contributed by atoms with Gasteiger partial charge in [0.05, 0.1) is 29.4 Å². The van der Waals surface area contributed by atoms with Crippen LogP contribution >= 0.6 is 0 Å². The first-order valence-electron chi connectivity index (χ1n) is 14.3. The molecule has 0 saturated carbocycles. The zero-order valence-electron chi connectivity index (χ0n) is 23.5. The molecule has 1 spiro atoms. The lowest BCUT2D eigenvalue weighted by molar-refractivity contribution is -0.144. The van der Waals surface area contributed by atoms with Gasteiger partial charge in [0.15, 0.2) is 5.54 Å². The van der Waals surface area contributed by atoms with Crippen LogP contribution in [0.3, 0.4) is 0 Å². The highest BCUT2D eigenvalue weighted by molar-refractivity contribution is 7.89. The fourth-order valence-corrected chi connectivity index (χ4v) is 8.07. The van der Waals surface area contributed by atoms with Crippen molar-refractivity contribution in [1.29, 1.82) is 0 Å². The van der Waals surface area contributed by atoms with E-state index >= 15 is 0 Å². The second-order valence-corrected chi connectivity index (χ2v) is 12.8. The predicted octanol–water partition coefficient (Wildman–Crippen LogP) is 1.75. The summed E-state index contributed by atoms with van der Waals surface area (Å²) in [5.41, 5.74) is -0.995. The van der Waals surface area contributed by atoms with Crippen molar-refractivity contribution in [2.45, 2.75) is 30.2 Å². The second-order valence-electron chi connectivity index (χ2n) is 10.9. The number of carbonyl (C=O) groups excluding carboxylic acids is 3. The molecule has 6 rings (SSSR count). The van der Waals surface area contributed by atoms with Crippen LogP contribution in [0.4, 0.5) is 5.69 Å². The van der Waals surface area contributed by atoms with Gasteiger partial charge in [-0.25, -0.2) is 8.42 Å². The standard InChI is InChI=1S/C30H34N4O7S/c1-2-33-24-8-4-3-7-23(24)30(29(33)38)25(27(36)28(37)34(30)16-15-31-17-19-41-20-18-31)26(35)21-9-11-22(12-10-21)42(39,40)32-13-5-6-14-32/h3-4,7-12,35H,2,5-6,13-20H2,1H3/b26-25+. The summed E-state index contributed by atoms with van der Waals surface area (Å²) in [7, 11) is -3.70. The Morgan fingerprint density at radius 1 is 0.929 bits per heavy atom. The Labute approximate surface area is 245 Å². The maximum Gasteiger partial charge on any atom is 0.296 e. The molecule has 222 valence electrons. The van der Waals surface area contributed by atoms with E-state index in [0.717, 1.165) is 12.8 Å². The number of hydrogen-bond acceptors (Lipinski definition) is 8. The summed E-state index contributed by atoms with van der Waals surface area (Å²) in [4.78, 5) is 46.9. The number of carbonyl (C=O) groups is 3. The van der Waals surface area contributed by atoms with Crippen molar-refractivity contribution in [1.82, 2.24) is 14.1 Å². The first-order valence-corrected chi connectivity index (χ1v) is 15.8. The van der Waals surface area contributed by atoms with E-state index in [1.807, 2.05) is 6.92 Å². The minimum Gasteiger partial charge on any atom is -0.507 e. The van der Waals surface area contributed by atoms with Crippen molar-refractivity contribution in [2.24, 2.45) is 0 Å². The second kappa shape index (κ2) is 10.9. The summed E-state index contributed by atoms with van der Waals surface area (Å²) in [5.74, 6) is -2.82. The highest BCUT2D eigenvalue weighted by Crippen LogP contribution is 2.53. The number of aliphatic hydroxyl groups excluding tert-OH is 1. The molecule has 2 aromatic rings. The zero-order valence-corrected chi connectivity index (χ0v) is 24.3.